The van der Waals surface area contributed by atoms with Crippen LogP contribution in [-0.4, -0.2) is 47.8 Å². The molecule has 0 amide bonds. The van der Waals surface area contributed by atoms with Gasteiger partial charge in [-0.2, -0.15) is 0 Å². The van der Waals surface area contributed by atoms with Crippen LogP contribution in [0.4, 0.5) is 0 Å². The van der Waals surface area contributed by atoms with E-state index in [1.54, 1.807) is 0 Å². The molecular weight excluding hydrogens is 208 g/mol. The van der Waals surface area contributed by atoms with Crippen LogP contribution in [0.25, 0.3) is 0 Å². The molecule has 0 aromatic carbocycles. The van der Waals surface area contributed by atoms with E-state index in [0.29, 0.717) is 6.61 Å². The summed E-state index contributed by atoms with van der Waals surface area (Å²) < 4.78 is 11.4. The molecule has 0 aliphatic rings. The predicted octanol–water partition coefficient (Wildman–Crippen LogP) is 1.20. The molecule has 2 N–H and O–H groups in total. The van der Waals surface area contributed by atoms with Crippen molar-refractivity contribution < 1.29 is 19.7 Å². The Bertz CT molecular complexity index is 191. The van der Waals surface area contributed by atoms with Crippen molar-refractivity contribution in [2.45, 2.75) is 45.8 Å². The molecular formula is C12H26O4. The van der Waals surface area contributed by atoms with Crippen LogP contribution in [0.2, 0.25) is 0 Å². The minimum atomic E-state index is -0.515. The van der Waals surface area contributed by atoms with Crippen molar-refractivity contribution in [3.63, 3.8) is 0 Å². The number of ether oxygens (including phenoxy) is 2. The molecule has 0 fully saturated rings. The van der Waals surface area contributed by atoms with E-state index < -0.39 is 11.2 Å². The zero-order chi connectivity index (χ0) is 12.8. The van der Waals surface area contributed by atoms with Gasteiger partial charge in [0.2, 0.25) is 0 Å². The molecule has 0 heterocycles. The van der Waals surface area contributed by atoms with E-state index in [-0.39, 0.29) is 25.7 Å². The summed E-state index contributed by atoms with van der Waals surface area (Å²) in [6, 6.07) is 0. The molecule has 4 nitrogen and oxygen atoms in total. The van der Waals surface area contributed by atoms with Crippen LogP contribution in [0.1, 0.15) is 34.6 Å². The summed E-state index contributed by atoms with van der Waals surface area (Å²) in [5, 5.41) is 17.7. The topological polar surface area (TPSA) is 58.9 Å². The fraction of sp³-hybridized carbons (Fsp3) is 1.00. The highest BCUT2D eigenvalue weighted by atomic mass is 16.6. The molecule has 16 heavy (non-hydrogen) atoms. The summed E-state index contributed by atoms with van der Waals surface area (Å²) in [5.74, 6) is 0.243. The van der Waals surface area contributed by atoms with Gasteiger partial charge < -0.3 is 19.7 Å². The number of hydrogen-bond acceptors (Lipinski definition) is 4. The first-order chi connectivity index (χ1) is 7.31. The molecule has 1 unspecified atom stereocenters. The van der Waals surface area contributed by atoms with Gasteiger partial charge in [0.25, 0.3) is 0 Å². The quantitative estimate of drug-likeness (QED) is 0.662. The number of aliphatic hydroxyl groups excluding tert-OH is 2. The standard InChI is InChI=1S/C12H26O4/c1-10(2)12(5,16-9-7-14)11(3,4)15-8-6-13/h10,13-14H,6-9H2,1-5H3. The lowest BCUT2D eigenvalue weighted by atomic mass is 9.78. The second-order valence-corrected chi connectivity index (χ2v) is 4.92. The molecule has 0 saturated carbocycles. The van der Waals surface area contributed by atoms with Gasteiger partial charge in [-0.15, -0.1) is 0 Å². The third-order valence-corrected chi connectivity index (χ3v) is 3.34. The molecule has 0 spiro atoms. The Morgan fingerprint density at radius 2 is 1.38 bits per heavy atom. The highest BCUT2D eigenvalue weighted by molar-refractivity contribution is 4.95. The van der Waals surface area contributed by atoms with E-state index in [0.717, 1.165) is 0 Å². The molecule has 0 radical (unpaired) electrons. The van der Waals surface area contributed by atoms with Crippen LogP contribution in [-0.2, 0) is 9.47 Å². The maximum Gasteiger partial charge on any atom is 0.0961 e. The van der Waals surface area contributed by atoms with E-state index in [4.69, 9.17) is 19.7 Å². The van der Waals surface area contributed by atoms with Crippen molar-refractivity contribution in [1.29, 1.82) is 0 Å². The van der Waals surface area contributed by atoms with Crippen molar-refractivity contribution in [2.24, 2.45) is 5.92 Å². The summed E-state index contributed by atoms with van der Waals surface area (Å²) in [4.78, 5) is 0. The second-order valence-electron chi connectivity index (χ2n) is 4.92. The van der Waals surface area contributed by atoms with Gasteiger partial charge in [-0.3, -0.25) is 0 Å². The van der Waals surface area contributed by atoms with Crippen molar-refractivity contribution in [3.05, 3.63) is 0 Å². The fourth-order valence-electron chi connectivity index (χ4n) is 1.74. The predicted molar refractivity (Wildman–Crippen MR) is 63.4 cm³/mol. The van der Waals surface area contributed by atoms with Crippen LogP contribution in [0.3, 0.4) is 0 Å². The van der Waals surface area contributed by atoms with Crippen LogP contribution in [0.15, 0.2) is 0 Å². The Morgan fingerprint density at radius 3 is 1.75 bits per heavy atom. The van der Waals surface area contributed by atoms with Crippen molar-refractivity contribution in [1.82, 2.24) is 0 Å². The molecule has 98 valence electrons. The minimum absolute atomic E-state index is 0.00160. The lowest BCUT2D eigenvalue weighted by Crippen LogP contribution is -2.55. The molecule has 0 aromatic rings. The highest BCUT2D eigenvalue weighted by Crippen LogP contribution is 2.35. The molecule has 4 heteroatoms. The van der Waals surface area contributed by atoms with E-state index in [1.165, 1.54) is 0 Å². The lowest BCUT2D eigenvalue weighted by Gasteiger charge is -2.46. The summed E-state index contributed by atoms with van der Waals surface area (Å²) in [5.41, 5.74) is -1.01. The minimum Gasteiger partial charge on any atom is -0.394 e. The monoisotopic (exact) mass is 234 g/mol. The summed E-state index contributed by atoms with van der Waals surface area (Å²) in [6.45, 7) is 10.6. The van der Waals surface area contributed by atoms with E-state index >= 15 is 0 Å². The molecule has 0 rings (SSSR count). The maximum atomic E-state index is 8.85. The Hall–Kier alpha value is -0.160. The van der Waals surface area contributed by atoms with Crippen molar-refractivity contribution in [2.75, 3.05) is 26.4 Å². The van der Waals surface area contributed by atoms with Crippen molar-refractivity contribution in [3.8, 4) is 0 Å². The van der Waals surface area contributed by atoms with Gasteiger partial charge in [-0.05, 0) is 26.7 Å². The van der Waals surface area contributed by atoms with E-state index in [9.17, 15) is 0 Å². The van der Waals surface area contributed by atoms with Gasteiger partial charge in [0.15, 0.2) is 0 Å². The molecule has 0 aliphatic carbocycles. The average Bonchev–Trinajstić information content (AvgIpc) is 2.22. The van der Waals surface area contributed by atoms with Gasteiger partial charge in [0.05, 0.1) is 37.6 Å². The molecule has 0 saturated heterocycles. The molecule has 0 bridgehead atoms. The van der Waals surface area contributed by atoms with Crippen LogP contribution < -0.4 is 0 Å². The Labute approximate surface area is 98.6 Å². The number of aliphatic hydroxyl groups is 2. The van der Waals surface area contributed by atoms with Crippen molar-refractivity contribution >= 4 is 0 Å². The van der Waals surface area contributed by atoms with Gasteiger partial charge in [0, 0.05) is 0 Å². The molecule has 0 aromatic heterocycles. The first-order valence-electron chi connectivity index (χ1n) is 5.81. The SMILES string of the molecule is CC(C)C(C)(OCCO)C(C)(C)OCCO. The van der Waals surface area contributed by atoms with Crippen LogP contribution in [0.5, 0.6) is 0 Å². The molecule has 1 atom stereocenters. The average molecular weight is 234 g/mol. The van der Waals surface area contributed by atoms with E-state index in [1.807, 2.05) is 20.8 Å². The van der Waals surface area contributed by atoms with Gasteiger partial charge in [-0.25, -0.2) is 0 Å². The largest absolute Gasteiger partial charge is 0.394 e. The van der Waals surface area contributed by atoms with Crippen LogP contribution in [0, 0.1) is 5.92 Å². The highest BCUT2D eigenvalue weighted by Gasteiger charge is 2.45. The number of rotatable bonds is 8. The van der Waals surface area contributed by atoms with Gasteiger partial charge >= 0.3 is 0 Å². The first kappa shape index (κ1) is 15.8. The smallest absolute Gasteiger partial charge is 0.0961 e. The Morgan fingerprint density at radius 1 is 0.938 bits per heavy atom. The second kappa shape index (κ2) is 6.55. The summed E-state index contributed by atoms with van der Waals surface area (Å²) in [7, 11) is 0. The third kappa shape index (κ3) is 3.70. The first-order valence-corrected chi connectivity index (χ1v) is 5.81. The fourth-order valence-corrected chi connectivity index (χ4v) is 1.74. The van der Waals surface area contributed by atoms with Gasteiger partial charge in [0.1, 0.15) is 0 Å². The summed E-state index contributed by atoms with van der Waals surface area (Å²) >= 11 is 0. The summed E-state index contributed by atoms with van der Waals surface area (Å²) in [6.07, 6.45) is 0. The van der Waals surface area contributed by atoms with Gasteiger partial charge in [-0.1, -0.05) is 13.8 Å². The lowest BCUT2D eigenvalue weighted by molar-refractivity contribution is -0.210. The van der Waals surface area contributed by atoms with Crippen LogP contribution >= 0.6 is 0 Å². The molecule has 0 aliphatic heterocycles. The zero-order valence-corrected chi connectivity index (χ0v) is 11.1. The van der Waals surface area contributed by atoms with E-state index in [2.05, 4.69) is 13.8 Å². The number of hydrogen-bond donors (Lipinski definition) is 2. The Balaban J connectivity index is 4.72. The maximum absolute atomic E-state index is 8.85. The zero-order valence-electron chi connectivity index (χ0n) is 11.1. The normalized spacial score (nSPS) is 16.5. The third-order valence-electron chi connectivity index (χ3n) is 3.34. The Kier molecular flexibility index (Phi) is 6.48.